The van der Waals surface area contributed by atoms with Crippen molar-refractivity contribution in [3.05, 3.63) is 65.5 Å². The number of ether oxygens (including phenoxy) is 1. The molecule has 0 unspecified atom stereocenters. The Morgan fingerprint density at radius 1 is 1.14 bits per heavy atom. The van der Waals surface area contributed by atoms with Gasteiger partial charge < -0.3 is 15.0 Å². The third-order valence-corrected chi connectivity index (χ3v) is 4.47. The topological polar surface area (TPSA) is 58.6 Å². The van der Waals surface area contributed by atoms with Crippen LogP contribution in [0.4, 0.5) is 4.39 Å². The number of rotatable bonds is 9. The van der Waals surface area contributed by atoms with Crippen LogP contribution >= 0.6 is 0 Å². The average molecular weight is 386 g/mol. The lowest BCUT2D eigenvalue weighted by Gasteiger charge is -2.29. The second kappa shape index (κ2) is 10.4. The molecule has 0 fully saturated rings. The molecule has 0 saturated heterocycles. The first-order valence-electron chi connectivity index (χ1n) is 9.39. The number of nitrogens with zero attached hydrogens (tertiary/aromatic N) is 1. The van der Waals surface area contributed by atoms with Gasteiger partial charge in [-0.15, -0.1) is 0 Å². The van der Waals surface area contributed by atoms with Gasteiger partial charge in [-0.05, 0) is 48.7 Å². The zero-order valence-corrected chi connectivity index (χ0v) is 16.6. The zero-order chi connectivity index (χ0) is 20.5. The van der Waals surface area contributed by atoms with Gasteiger partial charge in [0, 0.05) is 13.1 Å². The van der Waals surface area contributed by atoms with Crippen LogP contribution in [0, 0.1) is 5.82 Å². The van der Waals surface area contributed by atoms with Gasteiger partial charge in [0.1, 0.15) is 17.6 Å². The van der Waals surface area contributed by atoms with Crippen molar-refractivity contribution in [2.45, 2.75) is 39.3 Å². The predicted octanol–water partition coefficient (Wildman–Crippen LogP) is 3.32. The smallest absolute Gasteiger partial charge is 0.242 e. The summed E-state index contributed by atoms with van der Waals surface area (Å²) in [6, 6.07) is 12.6. The molecule has 2 amide bonds. The number of benzene rings is 2. The van der Waals surface area contributed by atoms with Crippen molar-refractivity contribution < 1.29 is 18.7 Å². The quantitative estimate of drug-likeness (QED) is 0.719. The van der Waals surface area contributed by atoms with Crippen molar-refractivity contribution in [2.24, 2.45) is 0 Å². The highest BCUT2D eigenvalue weighted by Gasteiger charge is 2.26. The largest absolute Gasteiger partial charge is 0.497 e. The Bertz CT molecular complexity index is 793. The van der Waals surface area contributed by atoms with Gasteiger partial charge in [0.25, 0.3) is 0 Å². The lowest BCUT2D eigenvalue weighted by atomic mass is 10.1. The van der Waals surface area contributed by atoms with Gasteiger partial charge in [0.15, 0.2) is 0 Å². The van der Waals surface area contributed by atoms with Crippen LogP contribution < -0.4 is 10.1 Å². The van der Waals surface area contributed by atoms with E-state index in [1.807, 2.05) is 31.2 Å². The molecule has 0 aliphatic heterocycles. The van der Waals surface area contributed by atoms with Gasteiger partial charge in [-0.1, -0.05) is 31.2 Å². The summed E-state index contributed by atoms with van der Waals surface area (Å²) in [4.78, 5) is 27.0. The van der Waals surface area contributed by atoms with Gasteiger partial charge in [-0.25, -0.2) is 4.39 Å². The predicted molar refractivity (Wildman–Crippen MR) is 106 cm³/mol. The van der Waals surface area contributed by atoms with Crippen LogP contribution in [0.3, 0.4) is 0 Å². The van der Waals surface area contributed by atoms with Crippen molar-refractivity contribution in [3.8, 4) is 5.75 Å². The van der Waals surface area contributed by atoms with Gasteiger partial charge in [0.05, 0.1) is 13.5 Å². The Kier molecular flexibility index (Phi) is 7.99. The molecule has 0 aliphatic rings. The number of carbonyl (C=O) groups excluding carboxylic acids is 2. The van der Waals surface area contributed by atoms with E-state index in [2.05, 4.69) is 5.32 Å². The van der Waals surface area contributed by atoms with E-state index in [0.717, 1.165) is 12.0 Å². The summed E-state index contributed by atoms with van der Waals surface area (Å²) in [6.07, 6.45) is 0.910. The van der Waals surface area contributed by atoms with Crippen LogP contribution in [0.25, 0.3) is 0 Å². The molecule has 2 aromatic carbocycles. The van der Waals surface area contributed by atoms with Crippen LogP contribution in [0.5, 0.6) is 5.75 Å². The molecule has 0 heterocycles. The lowest BCUT2D eigenvalue weighted by molar-refractivity contribution is -0.140. The molecule has 5 nitrogen and oxygen atoms in total. The Labute approximate surface area is 165 Å². The first kappa shape index (κ1) is 21.4. The van der Waals surface area contributed by atoms with E-state index < -0.39 is 6.04 Å². The summed E-state index contributed by atoms with van der Waals surface area (Å²) < 4.78 is 18.4. The maximum Gasteiger partial charge on any atom is 0.242 e. The first-order valence-corrected chi connectivity index (χ1v) is 9.39. The summed E-state index contributed by atoms with van der Waals surface area (Å²) in [5.41, 5.74) is 1.56. The minimum atomic E-state index is -0.634. The van der Waals surface area contributed by atoms with Crippen molar-refractivity contribution in [1.29, 1.82) is 0 Å². The second-order valence-electron chi connectivity index (χ2n) is 6.64. The Morgan fingerprint density at radius 2 is 1.86 bits per heavy atom. The summed E-state index contributed by atoms with van der Waals surface area (Å²) in [5, 5.41) is 2.84. The molecule has 2 rings (SSSR count). The third-order valence-electron chi connectivity index (χ3n) is 4.47. The van der Waals surface area contributed by atoms with E-state index in [0.29, 0.717) is 17.9 Å². The van der Waals surface area contributed by atoms with E-state index in [4.69, 9.17) is 4.74 Å². The minimum Gasteiger partial charge on any atom is -0.497 e. The number of amides is 2. The summed E-state index contributed by atoms with van der Waals surface area (Å²) >= 11 is 0. The highest BCUT2D eigenvalue weighted by atomic mass is 19.1. The molecular weight excluding hydrogens is 359 g/mol. The van der Waals surface area contributed by atoms with Crippen LogP contribution in [0.1, 0.15) is 31.4 Å². The van der Waals surface area contributed by atoms with E-state index >= 15 is 0 Å². The Morgan fingerprint density at radius 3 is 2.50 bits per heavy atom. The molecule has 6 heteroatoms. The van der Waals surface area contributed by atoms with E-state index in [9.17, 15) is 14.0 Å². The summed E-state index contributed by atoms with van der Waals surface area (Å²) in [5.74, 6) is -0.0611. The van der Waals surface area contributed by atoms with Gasteiger partial charge in [0.2, 0.25) is 11.8 Å². The maximum atomic E-state index is 13.1. The van der Waals surface area contributed by atoms with Crippen molar-refractivity contribution in [2.75, 3.05) is 13.7 Å². The lowest BCUT2D eigenvalue weighted by Crippen LogP contribution is -2.48. The SMILES string of the molecule is CCCNC(=O)[C@@H](C)N(Cc1cccc(OC)c1)C(=O)Cc1ccc(F)cc1. The molecule has 28 heavy (non-hydrogen) atoms. The van der Waals surface area contributed by atoms with Gasteiger partial charge in [-0.3, -0.25) is 9.59 Å². The van der Waals surface area contributed by atoms with E-state index in [-0.39, 0.29) is 30.6 Å². The zero-order valence-electron chi connectivity index (χ0n) is 16.6. The maximum absolute atomic E-state index is 13.1. The monoisotopic (exact) mass is 386 g/mol. The number of halogens is 1. The fourth-order valence-electron chi connectivity index (χ4n) is 2.82. The van der Waals surface area contributed by atoms with Crippen molar-refractivity contribution in [1.82, 2.24) is 10.2 Å². The standard InChI is InChI=1S/C22H27FN2O3/c1-4-12-24-22(27)16(2)25(15-18-6-5-7-20(13-18)28-3)21(26)14-17-8-10-19(23)11-9-17/h5-11,13,16H,4,12,14-15H2,1-3H3,(H,24,27)/t16-/m1/s1. The van der Waals surface area contributed by atoms with Crippen LogP contribution in [0.15, 0.2) is 48.5 Å². The average Bonchev–Trinajstić information content (AvgIpc) is 2.71. The van der Waals surface area contributed by atoms with Gasteiger partial charge in [-0.2, -0.15) is 0 Å². The normalized spacial score (nSPS) is 11.6. The van der Waals surface area contributed by atoms with Gasteiger partial charge >= 0.3 is 0 Å². The number of hydrogen-bond donors (Lipinski definition) is 1. The first-order chi connectivity index (χ1) is 13.4. The molecular formula is C22H27FN2O3. The number of nitrogens with one attached hydrogen (secondary N) is 1. The third kappa shape index (κ3) is 6.08. The molecule has 150 valence electrons. The second-order valence-corrected chi connectivity index (χ2v) is 6.64. The van der Waals surface area contributed by atoms with Crippen LogP contribution in [-0.4, -0.2) is 36.4 Å². The van der Waals surface area contributed by atoms with Crippen molar-refractivity contribution in [3.63, 3.8) is 0 Å². The highest BCUT2D eigenvalue weighted by molar-refractivity contribution is 5.88. The number of hydrogen-bond acceptors (Lipinski definition) is 3. The molecule has 1 N–H and O–H groups in total. The molecule has 0 saturated carbocycles. The molecule has 2 aromatic rings. The molecule has 0 aliphatic carbocycles. The minimum absolute atomic E-state index is 0.0929. The summed E-state index contributed by atoms with van der Waals surface area (Å²) in [7, 11) is 1.58. The molecule has 0 aromatic heterocycles. The molecule has 0 spiro atoms. The Balaban J connectivity index is 2.21. The van der Waals surface area contributed by atoms with Crippen molar-refractivity contribution >= 4 is 11.8 Å². The number of methoxy groups -OCH3 is 1. The summed E-state index contributed by atoms with van der Waals surface area (Å²) in [6.45, 7) is 4.52. The highest BCUT2D eigenvalue weighted by Crippen LogP contribution is 2.17. The fraction of sp³-hybridized carbons (Fsp3) is 0.364. The van der Waals surface area contributed by atoms with Crippen LogP contribution in [-0.2, 0) is 22.6 Å². The van der Waals surface area contributed by atoms with E-state index in [1.165, 1.54) is 12.1 Å². The van der Waals surface area contributed by atoms with Crippen LogP contribution in [0.2, 0.25) is 0 Å². The molecule has 0 radical (unpaired) electrons. The number of carbonyl (C=O) groups is 2. The van der Waals surface area contributed by atoms with E-state index in [1.54, 1.807) is 31.1 Å². The molecule has 1 atom stereocenters. The fourth-order valence-corrected chi connectivity index (χ4v) is 2.82. The molecule has 0 bridgehead atoms. The Hall–Kier alpha value is -2.89.